The summed E-state index contributed by atoms with van der Waals surface area (Å²) in [5.41, 5.74) is 6.88. The van der Waals surface area contributed by atoms with Crippen LogP contribution in [0, 0.1) is 19.3 Å². The first-order chi connectivity index (χ1) is 14.4. The minimum absolute atomic E-state index is 0.515. The van der Waals surface area contributed by atoms with E-state index in [0.29, 0.717) is 11.3 Å². The van der Waals surface area contributed by atoms with Crippen LogP contribution in [0.25, 0.3) is 32.8 Å². The second kappa shape index (κ2) is 7.23. The van der Waals surface area contributed by atoms with E-state index in [1.807, 2.05) is 6.20 Å². The van der Waals surface area contributed by atoms with Crippen molar-refractivity contribution in [3.05, 3.63) is 77.5 Å². The van der Waals surface area contributed by atoms with Gasteiger partial charge in [-0.2, -0.15) is 0 Å². The average molecular weight is 394 g/mol. The van der Waals surface area contributed by atoms with Crippen molar-refractivity contribution in [3.63, 3.8) is 0 Å². The van der Waals surface area contributed by atoms with Gasteiger partial charge >= 0.3 is 0 Å². The first-order valence-electron chi connectivity index (χ1n) is 11.3. The Labute approximate surface area is 180 Å². The van der Waals surface area contributed by atoms with E-state index in [-0.39, 0.29) is 0 Å². The summed E-state index contributed by atoms with van der Waals surface area (Å²) in [7, 11) is 0. The Morgan fingerprint density at radius 3 is 2.20 bits per heavy atom. The fourth-order valence-electron chi connectivity index (χ4n) is 5.34. The molecule has 0 saturated heterocycles. The summed E-state index contributed by atoms with van der Waals surface area (Å²) in [6, 6.07) is 20.6. The van der Waals surface area contributed by atoms with Crippen LogP contribution < -0.4 is 0 Å². The summed E-state index contributed by atoms with van der Waals surface area (Å²) in [5.74, 6) is 0.710. The van der Waals surface area contributed by atoms with Crippen LogP contribution in [0.5, 0.6) is 0 Å². The Balaban J connectivity index is 1.59. The van der Waals surface area contributed by atoms with E-state index in [0.717, 1.165) is 5.69 Å². The number of rotatable bonds is 2. The van der Waals surface area contributed by atoms with Crippen LogP contribution in [0.4, 0.5) is 0 Å². The van der Waals surface area contributed by atoms with Crippen molar-refractivity contribution < 1.29 is 0 Å². The molecule has 3 aromatic carbocycles. The molecule has 1 aromatic heterocycles. The van der Waals surface area contributed by atoms with Gasteiger partial charge in [0.05, 0.1) is 5.69 Å². The second-order valence-corrected chi connectivity index (χ2v) is 10.1. The van der Waals surface area contributed by atoms with Crippen LogP contribution in [-0.2, 0) is 0 Å². The largest absolute Gasteiger partial charge is 0.256 e. The lowest BCUT2D eigenvalue weighted by atomic mass is 9.71. The molecule has 1 heteroatoms. The van der Waals surface area contributed by atoms with Gasteiger partial charge in [0.15, 0.2) is 0 Å². The van der Waals surface area contributed by atoms with Crippen molar-refractivity contribution in [2.24, 2.45) is 5.41 Å². The van der Waals surface area contributed by atoms with Gasteiger partial charge in [-0.05, 0) is 90.8 Å². The molecule has 0 radical (unpaired) electrons. The number of pyridine rings is 1. The highest BCUT2D eigenvalue weighted by Crippen LogP contribution is 2.43. The van der Waals surface area contributed by atoms with E-state index in [1.165, 1.54) is 69.5 Å². The Kier molecular flexibility index (Phi) is 4.65. The van der Waals surface area contributed by atoms with Crippen LogP contribution in [0.15, 0.2) is 60.8 Å². The van der Waals surface area contributed by atoms with Crippen molar-refractivity contribution in [3.8, 4) is 11.3 Å². The van der Waals surface area contributed by atoms with Gasteiger partial charge in [0, 0.05) is 17.1 Å². The molecule has 0 aliphatic heterocycles. The zero-order chi connectivity index (χ0) is 20.9. The van der Waals surface area contributed by atoms with Crippen molar-refractivity contribution >= 4 is 21.5 Å². The zero-order valence-corrected chi connectivity index (χ0v) is 18.6. The molecule has 1 nitrogen and oxygen atoms in total. The number of aryl methyl sites for hydroxylation is 2. The van der Waals surface area contributed by atoms with Crippen molar-refractivity contribution in [1.82, 2.24) is 4.98 Å². The number of fused-ring (bicyclic) bond motifs is 3. The second-order valence-electron chi connectivity index (χ2n) is 10.1. The number of hydrogen-bond donors (Lipinski definition) is 0. The van der Waals surface area contributed by atoms with Crippen LogP contribution in [0.1, 0.15) is 62.1 Å². The van der Waals surface area contributed by atoms with Gasteiger partial charge in [0.2, 0.25) is 0 Å². The normalized spacial score (nSPS) is 16.9. The van der Waals surface area contributed by atoms with Gasteiger partial charge in [-0.3, -0.25) is 4.98 Å². The summed E-state index contributed by atoms with van der Waals surface area (Å²) in [6.45, 7) is 9.14. The molecule has 1 fully saturated rings. The molecule has 0 unspecified atom stereocenters. The molecule has 4 aromatic rings. The summed E-state index contributed by atoms with van der Waals surface area (Å²) in [4.78, 5) is 4.77. The highest BCUT2D eigenvalue weighted by molar-refractivity contribution is 6.11. The van der Waals surface area contributed by atoms with E-state index in [9.17, 15) is 0 Å². The van der Waals surface area contributed by atoms with E-state index < -0.39 is 0 Å². The van der Waals surface area contributed by atoms with Crippen LogP contribution in [0.3, 0.4) is 0 Å². The molecular weight excluding hydrogens is 362 g/mol. The number of benzene rings is 3. The van der Waals surface area contributed by atoms with E-state index in [2.05, 4.69) is 82.3 Å². The van der Waals surface area contributed by atoms with Crippen LogP contribution in [-0.4, -0.2) is 4.98 Å². The van der Waals surface area contributed by atoms with Gasteiger partial charge in [-0.1, -0.05) is 61.4 Å². The number of hydrogen-bond acceptors (Lipinski definition) is 1. The standard InChI is InChI=1S/C29H31N/c1-19-15-20(2)17-24(16-19)28-27-8-6-23-18-22(21-9-12-29(3,4)13-10-21)5-7-25(23)26(27)11-14-30-28/h5-8,11,14-18,21H,9-10,12-13H2,1-4H3. The highest BCUT2D eigenvalue weighted by Gasteiger charge is 2.27. The summed E-state index contributed by atoms with van der Waals surface area (Å²) < 4.78 is 0. The fraction of sp³-hybridized carbons (Fsp3) is 0.345. The number of aromatic nitrogens is 1. The summed E-state index contributed by atoms with van der Waals surface area (Å²) >= 11 is 0. The SMILES string of the molecule is Cc1cc(C)cc(-c2nccc3c2ccc2cc(C4CCC(C)(C)CC4)ccc23)c1. The summed E-state index contributed by atoms with van der Waals surface area (Å²) in [6.07, 6.45) is 7.25. The van der Waals surface area contributed by atoms with Crippen LogP contribution in [0.2, 0.25) is 0 Å². The van der Waals surface area contributed by atoms with Gasteiger partial charge < -0.3 is 0 Å². The van der Waals surface area contributed by atoms with E-state index in [1.54, 1.807) is 0 Å². The Morgan fingerprint density at radius 1 is 0.767 bits per heavy atom. The van der Waals surface area contributed by atoms with Gasteiger partial charge in [-0.15, -0.1) is 0 Å². The molecule has 0 bridgehead atoms. The monoisotopic (exact) mass is 393 g/mol. The Hall–Kier alpha value is -2.67. The third kappa shape index (κ3) is 3.51. The third-order valence-electron chi connectivity index (χ3n) is 7.09. The van der Waals surface area contributed by atoms with Crippen molar-refractivity contribution in [2.75, 3.05) is 0 Å². The molecule has 0 spiro atoms. The average Bonchev–Trinajstić information content (AvgIpc) is 2.72. The van der Waals surface area contributed by atoms with E-state index >= 15 is 0 Å². The summed E-state index contributed by atoms with van der Waals surface area (Å²) in [5, 5.41) is 5.22. The quantitative estimate of drug-likeness (QED) is 0.312. The lowest BCUT2D eigenvalue weighted by Gasteiger charge is -2.34. The molecule has 1 heterocycles. The molecule has 1 aliphatic carbocycles. The molecular formula is C29H31N. The Bertz CT molecular complexity index is 1220. The third-order valence-corrected chi connectivity index (χ3v) is 7.09. The smallest absolute Gasteiger partial charge is 0.0780 e. The predicted octanol–water partition coefficient (Wildman–Crippen LogP) is 8.36. The van der Waals surface area contributed by atoms with Crippen LogP contribution >= 0.6 is 0 Å². The maximum atomic E-state index is 4.77. The topological polar surface area (TPSA) is 12.9 Å². The fourth-order valence-corrected chi connectivity index (χ4v) is 5.34. The number of nitrogens with zero attached hydrogens (tertiary/aromatic N) is 1. The van der Waals surface area contributed by atoms with Gasteiger partial charge in [-0.25, -0.2) is 0 Å². The van der Waals surface area contributed by atoms with Crippen molar-refractivity contribution in [2.45, 2.75) is 59.3 Å². The van der Waals surface area contributed by atoms with Crippen molar-refractivity contribution in [1.29, 1.82) is 0 Å². The minimum atomic E-state index is 0.515. The lowest BCUT2D eigenvalue weighted by Crippen LogP contribution is -2.20. The molecule has 0 amide bonds. The zero-order valence-electron chi connectivity index (χ0n) is 18.6. The predicted molar refractivity (Wildman–Crippen MR) is 129 cm³/mol. The first-order valence-corrected chi connectivity index (χ1v) is 11.3. The highest BCUT2D eigenvalue weighted by atomic mass is 14.7. The maximum absolute atomic E-state index is 4.77. The molecule has 152 valence electrons. The maximum Gasteiger partial charge on any atom is 0.0780 e. The first kappa shape index (κ1) is 19.3. The molecule has 5 rings (SSSR count). The minimum Gasteiger partial charge on any atom is -0.256 e. The van der Waals surface area contributed by atoms with Gasteiger partial charge in [0.1, 0.15) is 0 Å². The lowest BCUT2D eigenvalue weighted by molar-refractivity contribution is 0.224. The Morgan fingerprint density at radius 2 is 1.47 bits per heavy atom. The molecule has 1 aliphatic rings. The van der Waals surface area contributed by atoms with E-state index in [4.69, 9.17) is 4.98 Å². The molecule has 0 N–H and O–H groups in total. The molecule has 1 saturated carbocycles. The molecule has 0 atom stereocenters. The van der Waals surface area contributed by atoms with Gasteiger partial charge in [0.25, 0.3) is 0 Å². The molecule has 30 heavy (non-hydrogen) atoms.